The Morgan fingerprint density at radius 1 is 1.22 bits per heavy atom. The van der Waals surface area contributed by atoms with Crippen molar-refractivity contribution in [1.82, 2.24) is 9.80 Å². The van der Waals surface area contributed by atoms with E-state index >= 15 is 0 Å². The zero-order chi connectivity index (χ0) is 16.4. The molecular weight excluding hydrogens is 321 g/mol. The molecule has 0 aromatic heterocycles. The Labute approximate surface area is 139 Å². The van der Waals surface area contributed by atoms with E-state index in [0.717, 1.165) is 12.8 Å². The lowest BCUT2D eigenvalue weighted by Gasteiger charge is -2.34. The van der Waals surface area contributed by atoms with E-state index in [1.165, 1.54) is 18.2 Å². The highest BCUT2D eigenvalue weighted by atomic mass is 35.5. The molecule has 2 fully saturated rings. The normalized spacial score (nSPS) is 18.8. The fraction of sp³-hybridized carbons (Fsp3) is 0.500. The Bertz CT molecular complexity index is 613. The van der Waals surface area contributed by atoms with Gasteiger partial charge in [-0.25, -0.2) is 4.39 Å². The van der Waals surface area contributed by atoms with Crippen LogP contribution in [-0.4, -0.2) is 54.3 Å². The van der Waals surface area contributed by atoms with Gasteiger partial charge in [0.05, 0.1) is 12.2 Å². The van der Waals surface area contributed by atoms with Crippen LogP contribution in [0.25, 0.3) is 0 Å². The molecule has 0 atom stereocenters. The van der Waals surface area contributed by atoms with E-state index in [-0.39, 0.29) is 35.0 Å². The summed E-state index contributed by atoms with van der Waals surface area (Å²) in [4.78, 5) is 27.8. The van der Waals surface area contributed by atoms with Gasteiger partial charge in [0.2, 0.25) is 11.8 Å². The summed E-state index contributed by atoms with van der Waals surface area (Å²) in [5, 5.41) is 2.84. The Morgan fingerprint density at radius 2 is 1.91 bits per heavy atom. The number of rotatable bonds is 4. The first kappa shape index (κ1) is 16.2. The molecule has 1 heterocycles. The number of nitrogens with zero attached hydrogens (tertiary/aromatic N) is 2. The third-order valence-corrected chi connectivity index (χ3v) is 4.42. The number of nitrogens with one attached hydrogen (secondary N) is 1. The maximum atomic E-state index is 13.7. The van der Waals surface area contributed by atoms with Gasteiger partial charge < -0.3 is 10.2 Å². The molecule has 7 heteroatoms. The Morgan fingerprint density at radius 3 is 2.52 bits per heavy atom. The molecule has 23 heavy (non-hydrogen) atoms. The van der Waals surface area contributed by atoms with Crippen molar-refractivity contribution >= 4 is 29.1 Å². The van der Waals surface area contributed by atoms with Crippen LogP contribution in [0.1, 0.15) is 12.8 Å². The van der Waals surface area contributed by atoms with E-state index in [9.17, 15) is 14.0 Å². The lowest BCUT2D eigenvalue weighted by atomic mass is 10.2. The van der Waals surface area contributed by atoms with Crippen molar-refractivity contribution in [3.05, 3.63) is 29.0 Å². The van der Waals surface area contributed by atoms with Crippen LogP contribution in [0.15, 0.2) is 18.2 Å². The van der Waals surface area contributed by atoms with Gasteiger partial charge >= 0.3 is 0 Å². The molecule has 2 amide bonds. The average Bonchev–Trinajstić information content (AvgIpc) is 3.35. The van der Waals surface area contributed by atoms with Gasteiger partial charge in [-0.15, -0.1) is 0 Å². The average molecular weight is 340 g/mol. The molecular formula is C16H19ClFN3O2. The number of anilines is 1. The second kappa shape index (κ2) is 6.84. The predicted octanol–water partition coefficient (Wildman–Crippen LogP) is 1.97. The van der Waals surface area contributed by atoms with Crippen LogP contribution < -0.4 is 5.32 Å². The van der Waals surface area contributed by atoms with Gasteiger partial charge in [0.25, 0.3) is 0 Å². The molecule has 3 rings (SSSR count). The van der Waals surface area contributed by atoms with Crippen molar-refractivity contribution in [3.8, 4) is 0 Å². The number of piperazine rings is 1. The van der Waals surface area contributed by atoms with Crippen molar-refractivity contribution in [3.63, 3.8) is 0 Å². The zero-order valence-electron chi connectivity index (χ0n) is 12.7. The first-order chi connectivity index (χ1) is 11.0. The number of amides is 2. The van der Waals surface area contributed by atoms with Gasteiger partial charge in [-0.3, -0.25) is 14.5 Å². The second-order valence-electron chi connectivity index (χ2n) is 6.05. The summed E-state index contributed by atoms with van der Waals surface area (Å²) in [6.45, 7) is 2.81. The maximum absolute atomic E-state index is 13.7. The molecule has 1 aliphatic heterocycles. The first-order valence-electron chi connectivity index (χ1n) is 7.79. The number of carbonyl (C=O) groups is 2. The smallest absolute Gasteiger partial charge is 0.238 e. The lowest BCUT2D eigenvalue weighted by molar-refractivity contribution is -0.134. The van der Waals surface area contributed by atoms with Crippen LogP contribution in [0.5, 0.6) is 0 Å². The van der Waals surface area contributed by atoms with Gasteiger partial charge in [-0.2, -0.15) is 0 Å². The number of benzene rings is 1. The maximum Gasteiger partial charge on any atom is 0.238 e. The minimum absolute atomic E-state index is 0.127. The van der Waals surface area contributed by atoms with E-state index in [0.29, 0.717) is 26.2 Å². The Balaban J connectivity index is 1.46. The van der Waals surface area contributed by atoms with Crippen LogP contribution >= 0.6 is 11.6 Å². The van der Waals surface area contributed by atoms with Crippen molar-refractivity contribution in [2.24, 2.45) is 5.92 Å². The van der Waals surface area contributed by atoms with Crippen LogP contribution in [0.4, 0.5) is 10.1 Å². The summed E-state index contributed by atoms with van der Waals surface area (Å²) in [6.07, 6.45) is 2.02. The number of halogens is 2. The van der Waals surface area contributed by atoms with Gasteiger partial charge in [0.1, 0.15) is 5.82 Å². The van der Waals surface area contributed by atoms with Crippen LogP contribution in [-0.2, 0) is 9.59 Å². The molecule has 0 radical (unpaired) electrons. The molecule has 5 nitrogen and oxygen atoms in total. The second-order valence-corrected chi connectivity index (χ2v) is 6.48. The molecule has 0 spiro atoms. The predicted molar refractivity (Wildman–Crippen MR) is 85.8 cm³/mol. The van der Waals surface area contributed by atoms with Gasteiger partial charge in [0.15, 0.2) is 0 Å². The summed E-state index contributed by atoms with van der Waals surface area (Å²) in [6, 6.07) is 4.14. The van der Waals surface area contributed by atoms with Crippen molar-refractivity contribution in [2.45, 2.75) is 12.8 Å². The quantitative estimate of drug-likeness (QED) is 0.912. The lowest BCUT2D eigenvalue weighted by Crippen LogP contribution is -2.50. The molecule has 1 saturated heterocycles. The van der Waals surface area contributed by atoms with Gasteiger partial charge in [-0.1, -0.05) is 11.6 Å². The minimum Gasteiger partial charge on any atom is -0.340 e. The van der Waals surface area contributed by atoms with E-state index in [2.05, 4.69) is 5.32 Å². The molecule has 1 aromatic rings. The monoisotopic (exact) mass is 339 g/mol. The third-order valence-electron chi connectivity index (χ3n) is 4.18. The summed E-state index contributed by atoms with van der Waals surface area (Å²) in [5.41, 5.74) is 0.127. The SMILES string of the molecule is O=C(CN1CCN(C(=O)C2CC2)CC1)Nc1ccc(Cl)cc1F. The summed E-state index contributed by atoms with van der Waals surface area (Å²) in [7, 11) is 0. The highest BCUT2D eigenvalue weighted by Crippen LogP contribution is 2.31. The molecule has 1 aliphatic carbocycles. The molecule has 2 aliphatic rings. The molecule has 0 bridgehead atoms. The standard InChI is InChI=1S/C16H19ClFN3O2/c17-12-3-4-14(13(18)9-12)19-15(22)10-20-5-7-21(8-6-20)16(23)11-1-2-11/h3-4,9,11H,1-2,5-8,10H2,(H,19,22). The zero-order valence-corrected chi connectivity index (χ0v) is 13.5. The van der Waals surface area contributed by atoms with E-state index in [1.807, 2.05) is 9.80 Å². The highest BCUT2D eigenvalue weighted by molar-refractivity contribution is 6.30. The number of carbonyl (C=O) groups excluding carboxylic acids is 2. The van der Waals surface area contributed by atoms with Crippen LogP contribution in [0.2, 0.25) is 5.02 Å². The van der Waals surface area contributed by atoms with E-state index in [1.54, 1.807) is 0 Å². The minimum atomic E-state index is -0.550. The number of hydrogen-bond acceptors (Lipinski definition) is 3. The van der Waals surface area contributed by atoms with E-state index < -0.39 is 5.82 Å². The third kappa shape index (κ3) is 4.20. The molecule has 0 unspecified atom stereocenters. The van der Waals surface area contributed by atoms with Crippen LogP contribution in [0.3, 0.4) is 0 Å². The first-order valence-corrected chi connectivity index (χ1v) is 8.17. The van der Waals surface area contributed by atoms with E-state index in [4.69, 9.17) is 11.6 Å². The molecule has 1 N–H and O–H groups in total. The van der Waals surface area contributed by atoms with Crippen molar-refractivity contribution in [2.75, 3.05) is 38.0 Å². The fourth-order valence-corrected chi connectivity index (χ4v) is 2.86. The van der Waals surface area contributed by atoms with Gasteiger partial charge in [0, 0.05) is 37.1 Å². The van der Waals surface area contributed by atoms with Crippen LogP contribution in [0, 0.1) is 11.7 Å². The van der Waals surface area contributed by atoms with Crippen molar-refractivity contribution in [1.29, 1.82) is 0 Å². The van der Waals surface area contributed by atoms with Gasteiger partial charge in [-0.05, 0) is 31.0 Å². The number of hydrogen-bond donors (Lipinski definition) is 1. The highest BCUT2D eigenvalue weighted by Gasteiger charge is 2.34. The topological polar surface area (TPSA) is 52.7 Å². The fourth-order valence-electron chi connectivity index (χ4n) is 2.70. The molecule has 124 valence electrons. The summed E-state index contributed by atoms with van der Waals surface area (Å²) >= 11 is 5.68. The molecule has 1 aromatic carbocycles. The largest absolute Gasteiger partial charge is 0.340 e. The summed E-state index contributed by atoms with van der Waals surface area (Å²) in [5.74, 6) is -0.339. The van der Waals surface area contributed by atoms with Crippen molar-refractivity contribution < 1.29 is 14.0 Å². The molecule has 1 saturated carbocycles. The summed E-state index contributed by atoms with van der Waals surface area (Å²) < 4.78 is 13.7. The Kier molecular flexibility index (Phi) is 4.82. The Hall–Kier alpha value is -1.66.